The molecule has 1 N–H and O–H groups in total. The first-order chi connectivity index (χ1) is 14.2. The van der Waals surface area contributed by atoms with E-state index in [1.165, 1.54) is 21.9 Å². The van der Waals surface area contributed by atoms with Crippen LogP contribution in [-0.2, 0) is 17.6 Å². The van der Waals surface area contributed by atoms with Crippen LogP contribution in [0.4, 0.5) is 0 Å². The monoisotopic (exact) mass is 385 g/mol. The van der Waals surface area contributed by atoms with Gasteiger partial charge >= 0.3 is 0 Å². The normalized spacial score (nSPS) is 10.9. The zero-order chi connectivity index (χ0) is 20.1. The Balaban J connectivity index is 1.27. The van der Waals surface area contributed by atoms with E-state index in [-0.39, 0.29) is 5.91 Å². The molecule has 0 fully saturated rings. The highest BCUT2D eigenvalue weighted by Crippen LogP contribution is 2.19. The van der Waals surface area contributed by atoms with Gasteiger partial charge in [0, 0.05) is 24.9 Å². The maximum Gasteiger partial charge on any atom is 0.247 e. The van der Waals surface area contributed by atoms with Gasteiger partial charge in [0.2, 0.25) is 17.7 Å². The average molecular weight is 385 g/mol. The molecular weight excluding hydrogens is 362 g/mol. The number of aryl methyl sites for hydroxylation is 2. The lowest BCUT2D eigenvalue weighted by molar-refractivity contribution is -0.121. The van der Waals surface area contributed by atoms with Crippen LogP contribution in [0.15, 0.2) is 71.1 Å². The van der Waals surface area contributed by atoms with Crippen molar-refractivity contribution in [3.05, 3.63) is 83.7 Å². The van der Waals surface area contributed by atoms with E-state index in [1.807, 2.05) is 43.3 Å². The van der Waals surface area contributed by atoms with Crippen LogP contribution in [-0.4, -0.2) is 22.6 Å². The number of hydrogen-bond acceptors (Lipinski definition) is 4. The minimum Gasteiger partial charge on any atom is -0.421 e. The fourth-order valence-corrected chi connectivity index (χ4v) is 3.32. The molecule has 0 unspecified atom stereocenters. The third-order valence-electron chi connectivity index (χ3n) is 4.93. The van der Waals surface area contributed by atoms with Gasteiger partial charge in [-0.1, -0.05) is 60.2 Å². The zero-order valence-electron chi connectivity index (χ0n) is 16.4. The quantitative estimate of drug-likeness (QED) is 0.509. The van der Waals surface area contributed by atoms with Gasteiger partial charge in [0.1, 0.15) is 0 Å². The predicted octanol–water partition coefficient (Wildman–Crippen LogP) is 4.49. The standard InChI is InChI=1S/C24H23N3O2/c1-17-9-11-20(12-10-17)24-27-26-23(29-24)14-13-22(28)25-16-15-19-7-4-6-18-5-2-3-8-21(18)19/h2-12H,13-16H2,1H3,(H,25,28). The molecule has 29 heavy (non-hydrogen) atoms. The van der Waals surface area contributed by atoms with Crippen molar-refractivity contribution in [1.29, 1.82) is 0 Å². The van der Waals surface area contributed by atoms with E-state index in [2.05, 4.69) is 45.8 Å². The van der Waals surface area contributed by atoms with Crippen molar-refractivity contribution >= 4 is 16.7 Å². The molecule has 0 spiro atoms. The van der Waals surface area contributed by atoms with Crippen molar-refractivity contribution in [2.75, 3.05) is 6.54 Å². The third kappa shape index (κ3) is 4.69. The topological polar surface area (TPSA) is 68.0 Å². The molecule has 146 valence electrons. The van der Waals surface area contributed by atoms with E-state index in [0.717, 1.165) is 12.0 Å². The molecule has 0 radical (unpaired) electrons. The van der Waals surface area contributed by atoms with E-state index in [9.17, 15) is 4.79 Å². The Morgan fingerprint density at radius 3 is 2.59 bits per heavy atom. The summed E-state index contributed by atoms with van der Waals surface area (Å²) >= 11 is 0. The molecule has 0 saturated carbocycles. The Bertz CT molecular complexity index is 1110. The Hall–Kier alpha value is -3.47. The van der Waals surface area contributed by atoms with Crippen molar-refractivity contribution in [3.63, 3.8) is 0 Å². The van der Waals surface area contributed by atoms with Gasteiger partial charge in [-0.05, 0) is 41.8 Å². The van der Waals surface area contributed by atoms with Crippen LogP contribution in [0, 0.1) is 6.92 Å². The van der Waals surface area contributed by atoms with E-state index in [1.54, 1.807) is 0 Å². The number of fused-ring (bicyclic) bond motifs is 1. The second kappa shape index (κ2) is 8.69. The lowest BCUT2D eigenvalue weighted by Gasteiger charge is -2.08. The lowest BCUT2D eigenvalue weighted by atomic mass is 10.0. The maximum absolute atomic E-state index is 12.2. The first kappa shape index (κ1) is 18.9. The highest BCUT2D eigenvalue weighted by atomic mass is 16.4. The Morgan fingerprint density at radius 1 is 0.931 bits per heavy atom. The number of rotatable bonds is 7. The van der Waals surface area contributed by atoms with E-state index in [0.29, 0.717) is 31.2 Å². The van der Waals surface area contributed by atoms with Crippen LogP contribution >= 0.6 is 0 Å². The summed E-state index contributed by atoms with van der Waals surface area (Å²) in [4.78, 5) is 12.2. The number of hydrogen-bond donors (Lipinski definition) is 1. The molecule has 4 rings (SSSR count). The first-order valence-corrected chi connectivity index (χ1v) is 9.82. The predicted molar refractivity (Wildman–Crippen MR) is 113 cm³/mol. The second-order valence-electron chi connectivity index (χ2n) is 7.11. The highest BCUT2D eigenvalue weighted by molar-refractivity contribution is 5.85. The van der Waals surface area contributed by atoms with Crippen LogP contribution in [0.25, 0.3) is 22.2 Å². The number of amides is 1. The first-order valence-electron chi connectivity index (χ1n) is 9.82. The molecule has 0 aliphatic rings. The minimum absolute atomic E-state index is 0.0136. The fourth-order valence-electron chi connectivity index (χ4n) is 3.32. The molecule has 0 atom stereocenters. The molecule has 1 amide bonds. The molecule has 0 aliphatic heterocycles. The molecule has 0 bridgehead atoms. The van der Waals surface area contributed by atoms with Crippen LogP contribution in [0.2, 0.25) is 0 Å². The molecule has 1 heterocycles. The average Bonchev–Trinajstić information content (AvgIpc) is 3.22. The molecule has 5 heteroatoms. The van der Waals surface area contributed by atoms with Crippen LogP contribution in [0.5, 0.6) is 0 Å². The molecule has 3 aromatic carbocycles. The summed E-state index contributed by atoms with van der Waals surface area (Å²) in [5.41, 5.74) is 3.30. The van der Waals surface area contributed by atoms with Crippen LogP contribution in [0.3, 0.4) is 0 Å². The van der Waals surface area contributed by atoms with Crippen LogP contribution < -0.4 is 5.32 Å². The van der Waals surface area contributed by atoms with E-state index >= 15 is 0 Å². The lowest BCUT2D eigenvalue weighted by Crippen LogP contribution is -2.25. The number of aromatic nitrogens is 2. The number of carbonyl (C=O) groups is 1. The van der Waals surface area contributed by atoms with Gasteiger partial charge in [0.15, 0.2) is 0 Å². The molecule has 0 aliphatic carbocycles. The number of carbonyl (C=O) groups excluding carboxylic acids is 1. The van der Waals surface area contributed by atoms with Gasteiger partial charge in [0.05, 0.1) is 0 Å². The number of nitrogens with zero attached hydrogens (tertiary/aromatic N) is 2. The Morgan fingerprint density at radius 2 is 1.72 bits per heavy atom. The third-order valence-corrected chi connectivity index (χ3v) is 4.93. The van der Waals surface area contributed by atoms with Crippen molar-refractivity contribution in [2.45, 2.75) is 26.2 Å². The maximum atomic E-state index is 12.2. The summed E-state index contributed by atoms with van der Waals surface area (Å²) in [5, 5.41) is 13.6. The molecular formula is C24H23N3O2. The van der Waals surface area contributed by atoms with Gasteiger partial charge in [-0.2, -0.15) is 0 Å². The fraction of sp³-hybridized carbons (Fsp3) is 0.208. The molecule has 1 aromatic heterocycles. The summed E-state index contributed by atoms with van der Waals surface area (Å²) in [6.07, 6.45) is 1.55. The second-order valence-corrected chi connectivity index (χ2v) is 7.11. The van der Waals surface area contributed by atoms with E-state index < -0.39 is 0 Å². The van der Waals surface area contributed by atoms with Gasteiger partial charge in [-0.3, -0.25) is 4.79 Å². The number of nitrogens with one attached hydrogen (secondary N) is 1. The molecule has 4 aromatic rings. The van der Waals surface area contributed by atoms with Crippen molar-refractivity contribution in [2.24, 2.45) is 0 Å². The van der Waals surface area contributed by atoms with Gasteiger partial charge in [0.25, 0.3) is 0 Å². The summed E-state index contributed by atoms with van der Waals surface area (Å²) in [5.74, 6) is 0.946. The summed E-state index contributed by atoms with van der Waals surface area (Å²) in [6, 6.07) is 22.5. The van der Waals surface area contributed by atoms with Crippen molar-refractivity contribution in [3.8, 4) is 11.5 Å². The molecule has 5 nitrogen and oxygen atoms in total. The van der Waals surface area contributed by atoms with Crippen LogP contribution in [0.1, 0.15) is 23.4 Å². The SMILES string of the molecule is Cc1ccc(-c2nnc(CCC(=O)NCCc3cccc4ccccc34)o2)cc1. The number of benzene rings is 3. The van der Waals surface area contributed by atoms with Gasteiger partial charge in [-0.25, -0.2) is 0 Å². The summed E-state index contributed by atoms with van der Waals surface area (Å²) < 4.78 is 5.68. The van der Waals surface area contributed by atoms with E-state index in [4.69, 9.17) is 4.42 Å². The largest absolute Gasteiger partial charge is 0.421 e. The van der Waals surface area contributed by atoms with Crippen molar-refractivity contribution < 1.29 is 9.21 Å². The Kier molecular flexibility index (Phi) is 5.66. The summed E-state index contributed by atoms with van der Waals surface area (Å²) in [6.45, 7) is 2.63. The summed E-state index contributed by atoms with van der Waals surface area (Å²) in [7, 11) is 0. The molecule has 0 saturated heterocycles. The minimum atomic E-state index is -0.0136. The zero-order valence-corrected chi connectivity index (χ0v) is 16.4. The van der Waals surface area contributed by atoms with Gasteiger partial charge in [-0.15, -0.1) is 10.2 Å². The smallest absolute Gasteiger partial charge is 0.247 e. The van der Waals surface area contributed by atoms with Gasteiger partial charge < -0.3 is 9.73 Å². The highest BCUT2D eigenvalue weighted by Gasteiger charge is 2.10. The van der Waals surface area contributed by atoms with Crippen molar-refractivity contribution in [1.82, 2.24) is 15.5 Å². The Labute approximate surface area is 169 Å².